The van der Waals surface area contributed by atoms with Crippen molar-refractivity contribution in [3.8, 4) is 5.75 Å². The fourth-order valence-corrected chi connectivity index (χ4v) is 4.97. The molecule has 1 amide bonds. The summed E-state index contributed by atoms with van der Waals surface area (Å²) in [5.41, 5.74) is 1.02. The molecule has 2 aromatic rings. The van der Waals surface area contributed by atoms with Gasteiger partial charge in [0, 0.05) is 44.1 Å². The average molecular weight is 506 g/mol. The summed E-state index contributed by atoms with van der Waals surface area (Å²) in [5.74, 6) is -0.0141. The third-order valence-electron chi connectivity index (χ3n) is 6.84. The van der Waals surface area contributed by atoms with Crippen LogP contribution in [-0.2, 0) is 9.22 Å². The molecule has 1 heterocycles. The van der Waals surface area contributed by atoms with Crippen molar-refractivity contribution in [3.05, 3.63) is 40.2 Å². The second kappa shape index (κ2) is 12.7. The lowest BCUT2D eigenvalue weighted by atomic mass is 10.0. The van der Waals surface area contributed by atoms with E-state index in [4.69, 9.17) is 9.53 Å². The van der Waals surface area contributed by atoms with Crippen molar-refractivity contribution in [2.24, 2.45) is 0 Å². The molecule has 0 unspecified atom stereocenters. The zero-order chi connectivity index (χ0) is 26.2. The van der Waals surface area contributed by atoms with E-state index in [0.717, 1.165) is 23.8 Å². The number of fused-ring (bicyclic) bond motifs is 1. The van der Waals surface area contributed by atoms with Crippen molar-refractivity contribution >= 4 is 25.1 Å². The normalized spacial score (nSPS) is 13.2. The van der Waals surface area contributed by atoms with Gasteiger partial charge < -0.3 is 29.8 Å². The van der Waals surface area contributed by atoms with Gasteiger partial charge in [0.15, 0.2) is 8.32 Å². The molecule has 0 aliphatic rings. The quantitative estimate of drug-likeness (QED) is 0.242. The zero-order valence-electron chi connectivity index (χ0n) is 22.1. The Morgan fingerprint density at radius 2 is 1.91 bits per heavy atom. The summed E-state index contributed by atoms with van der Waals surface area (Å²) in [4.78, 5) is 28.8. The number of unbranched alkanes of at least 4 members (excludes halogenated alkanes) is 1. The summed E-state index contributed by atoms with van der Waals surface area (Å²) in [6.07, 6.45) is 1.75. The third kappa shape index (κ3) is 7.90. The van der Waals surface area contributed by atoms with Gasteiger partial charge in [-0.1, -0.05) is 40.2 Å². The molecule has 4 N–H and O–H groups in total. The number of benzene rings is 1. The number of nitrogens with zero attached hydrogens (tertiary/aromatic N) is 1. The van der Waals surface area contributed by atoms with Crippen molar-refractivity contribution in [2.45, 2.75) is 71.2 Å². The van der Waals surface area contributed by atoms with E-state index < -0.39 is 8.32 Å². The summed E-state index contributed by atoms with van der Waals surface area (Å²) in [6, 6.07) is 6.63. The van der Waals surface area contributed by atoms with Crippen molar-refractivity contribution in [2.75, 3.05) is 32.8 Å². The monoisotopic (exact) mass is 505 g/mol. The van der Waals surface area contributed by atoms with Gasteiger partial charge in [-0.15, -0.1) is 0 Å². The molecule has 35 heavy (non-hydrogen) atoms. The number of carbonyl (C=O) groups is 1. The topological polar surface area (TPSA) is 115 Å². The summed E-state index contributed by atoms with van der Waals surface area (Å²) in [6.45, 7) is 15.2. The maximum Gasteiger partial charge on any atom is 0.248 e. The fraction of sp³-hybridized carbons (Fsp3) is 0.615. The van der Waals surface area contributed by atoms with Gasteiger partial charge in [-0.25, -0.2) is 0 Å². The van der Waals surface area contributed by atoms with Crippen LogP contribution in [0, 0.1) is 0 Å². The molecular formula is C26H43N3O5Si. The predicted octanol–water partition coefficient (Wildman–Crippen LogP) is 3.90. The van der Waals surface area contributed by atoms with Gasteiger partial charge in [-0.05, 0) is 42.2 Å². The van der Waals surface area contributed by atoms with Crippen molar-refractivity contribution < 1.29 is 19.4 Å². The number of aliphatic hydroxyl groups is 1. The van der Waals surface area contributed by atoms with Crippen LogP contribution in [0.25, 0.3) is 10.9 Å². The van der Waals surface area contributed by atoms with Crippen LogP contribution in [-0.4, -0.2) is 67.1 Å². The summed E-state index contributed by atoms with van der Waals surface area (Å²) in [5, 5.41) is 23.7. The molecule has 0 radical (unpaired) electrons. The second-order valence-electron chi connectivity index (χ2n) is 10.6. The smallest absolute Gasteiger partial charge is 0.248 e. The van der Waals surface area contributed by atoms with E-state index >= 15 is 0 Å². The maximum absolute atomic E-state index is 12.4. The van der Waals surface area contributed by atoms with Gasteiger partial charge in [0.2, 0.25) is 11.5 Å². The number of phenolic OH excluding ortho intramolecular Hbond substituents is 1. The lowest BCUT2D eigenvalue weighted by Crippen LogP contribution is -2.44. The van der Waals surface area contributed by atoms with Gasteiger partial charge >= 0.3 is 0 Å². The van der Waals surface area contributed by atoms with Crippen molar-refractivity contribution in [3.63, 3.8) is 0 Å². The SMILES string of the molecule is CCCCN(CCNC[C@H](O[Si](C)(C)C(C)(C)C)c1ccc(O)c2[nH]c(=O)ccc12)C(=O)CCO. The Bertz CT molecular complexity index is 1030. The molecular weight excluding hydrogens is 462 g/mol. The van der Waals surface area contributed by atoms with Crippen molar-refractivity contribution in [1.82, 2.24) is 15.2 Å². The number of H-pyrrole nitrogens is 1. The molecule has 196 valence electrons. The first kappa shape index (κ1) is 29.0. The molecule has 1 atom stereocenters. The maximum atomic E-state index is 12.4. The molecule has 0 aliphatic carbocycles. The Morgan fingerprint density at radius 3 is 2.54 bits per heavy atom. The Balaban J connectivity index is 2.27. The average Bonchev–Trinajstić information content (AvgIpc) is 2.77. The van der Waals surface area contributed by atoms with Crippen LogP contribution in [0.4, 0.5) is 0 Å². The number of carbonyl (C=O) groups excluding carboxylic acids is 1. The summed E-state index contributed by atoms with van der Waals surface area (Å²) < 4.78 is 6.81. The number of aromatic nitrogens is 1. The number of aromatic hydroxyl groups is 1. The van der Waals surface area contributed by atoms with Gasteiger partial charge in [0.1, 0.15) is 5.75 Å². The van der Waals surface area contributed by atoms with E-state index in [-0.39, 0.29) is 41.4 Å². The van der Waals surface area contributed by atoms with Crippen LogP contribution in [0.1, 0.15) is 58.6 Å². The first-order chi connectivity index (χ1) is 16.4. The first-order valence-electron chi connectivity index (χ1n) is 12.5. The fourth-order valence-electron chi connectivity index (χ4n) is 3.70. The predicted molar refractivity (Wildman–Crippen MR) is 143 cm³/mol. The highest BCUT2D eigenvalue weighted by atomic mass is 28.4. The Morgan fingerprint density at radius 1 is 1.20 bits per heavy atom. The first-order valence-corrected chi connectivity index (χ1v) is 15.4. The second-order valence-corrected chi connectivity index (χ2v) is 15.3. The lowest BCUT2D eigenvalue weighted by Gasteiger charge is -2.39. The Kier molecular flexibility index (Phi) is 10.5. The van der Waals surface area contributed by atoms with E-state index in [0.29, 0.717) is 31.7 Å². The summed E-state index contributed by atoms with van der Waals surface area (Å²) in [7, 11) is -2.16. The number of amides is 1. The van der Waals surface area contributed by atoms with Gasteiger partial charge in [0.05, 0.1) is 18.2 Å². The molecule has 0 saturated carbocycles. The molecule has 1 aromatic carbocycles. The molecule has 9 heteroatoms. The number of aromatic amines is 1. The molecule has 0 bridgehead atoms. The largest absolute Gasteiger partial charge is 0.506 e. The minimum atomic E-state index is -2.16. The number of phenols is 1. The lowest BCUT2D eigenvalue weighted by molar-refractivity contribution is -0.131. The van der Waals surface area contributed by atoms with Gasteiger partial charge in [-0.3, -0.25) is 9.59 Å². The minimum Gasteiger partial charge on any atom is -0.506 e. The molecule has 1 aromatic heterocycles. The highest BCUT2D eigenvalue weighted by molar-refractivity contribution is 6.74. The van der Waals surface area contributed by atoms with Crippen molar-refractivity contribution in [1.29, 1.82) is 0 Å². The van der Waals surface area contributed by atoms with Crippen LogP contribution >= 0.6 is 0 Å². The molecule has 0 saturated heterocycles. The van der Waals surface area contributed by atoms with Crippen LogP contribution in [0.15, 0.2) is 29.1 Å². The number of aliphatic hydroxyl groups excluding tert-OH is 1. The van der Waals surface area contributed by atoms with Crippen LogP contribution in [0.5, 0.6) is 5.75 Å². The molecule has 0 spiro atoms. The molecule has 2 rings (SSSR count). The van der Waals surface area contributed by atoms with E-state index in [2.05, 4.69) is 51.1 Å². The van der Waals surface area contributed by atoms with Gasteiger partial charge in [0.25, 0.3) is 0 Å². The van der Waals surface area contributed by atoms with Gasteiger partial charge in [-0.2, -0.15) is 0 Å². The van der Waals surface area contributed by atoms with Crippen LogP contribution in [0.2, 0.25) is 18.1 Å². The zero-order valence-corrected chi connectivity index (χ0v) is 23.1. The standard InChI is InChI=1S/C26H43N3O5Si/c1-7-8-15-29(24(33)13-17-30)16-14-27-18-22(34-35(5,6)26(2,3)4)19-9-11-21(31)25-20(19)10-12-23(32)28-25/h9-12,22,27,30-31H,7-8,13-18H2,1-6H3,(H,28,32)/t22-/m0/s1. The Labute approximate surface area is 209 Å². The summed E-state index contributed by atoms with van der Waals surface area (Å²) >= 11 is 0. The van der Waals surface area contributed by atoms with E-state index in [1.54, 1.807) is 17.0 Å². The number of rotatable bonds is 13. The van der Waals surface area contributed by atoms with E-state index in [9.17, 15) is 14.7 Å². The van der Waals surface area contributed by atoms with Crippen LogP contribution in [0.3, 0.4) is 0 Å². The van der Waals surface area contributed by atoms with E-state index in [1.165, 1.54) is 6.07 Å². The number of nitrogens with one attached hydrogen (secondary N) is 2. The highest BCUT2D eigenvalue weighted by Gasteiger charge is 2.39. The van der Waals surface area contributed by atoms with Crippen LogP contribution < -0.4 is 10.9 Å². The number of pyridine rings is 1. The number of hydrogen-bond donors (Lipinski definition) is 4. The Hall–Kier alpha value is -2.20. The number of hydrogen-bond acceptors (Lipinski definition) is 6. The molecule has 0 aliphatic heterocycles. The molecule has 0 fully saturated rings. The third-order valence-corrected chi connectivity index (χ3v) is 11.3. The molecule has 8 nitrogen and oxygen atoms in total. The highest BCUT2D eigenvalue weighted by Crippen LogP contribution is 2.41. The minimum absolute atomic E-state index is 0.0000482. The van der Waals surface area contributed by atoms with E-state index in [1.807, 2.05) is 6.07 Å².